The second-order valence-electron chi connectivity index (χ2n) is 8.34. The highest BCUT2D eigenvalue weighted by atomic mass is 16.5. The lowest BCUT2D eigenvalue weighted by molar-refractivity contribution is -0.114. The summed E-state index contributed by atoms with van der Waals surface area (Å²) < 4.78 is 17.2. The van der Waals surface area contributed by atoms with Crippen LogP contribution in [-0.2, 0) is 16.0 Å². The molecule has 3 aromatic rings. The first-order valence-corrected chi connectivity index (χ1v) is 11.9. The topological polar surface area (TPSA) is 68.8 Å². The van der Waals surface area contributed by atoms with Gasteiger partial charge in [0.15, 0.2) is 0 Å². The molecule has 6 nitrogen and oxygen atoms in total. The summed E-state index contributed by atoms with van der Waals surface area (Å²) in [7, 11) is 0. The molecule has 1 aliphatic rings. The number of rotatable bonds is 12. The molecular formula is C28H32N2O4. The second-order valence-corrected chi connectivity index (χ2v) is 8.34. The molecule has 34 heavy (non-hydrogen) atoms. The summed E-state index contributed by atoms with van der Waals surface area (Å²) in [5.41, 5.74) is 2.89. The van der Waals surface area contributed by atoms with E-state index in [-0.39, 0.29) is 18.6 Å². The maximum Gasteiger partial charge on any atom is 0.243 e. The van der Waals surface area contributed by atoms with Crippen LogP contribution in [0.1, 0.15) is 24.8 Å². The van der Waals surface area contributed by atoms with Crippen molar-refractivity contribution in [2.45, 2.75) is 31.8 Å². The molecule has 1 unspecified atom stereocenters. The Morgan fingerprint density at radius 2 is 1.76 bits per heavy atom. The average Bonchev–Trinajstić information content (AvgIpc) is 3.40. The lowest BCUT2D eigenvalue weighted by atomic mass is 10.1. The second kappa shape index (κ2) is 12.7. The van der Waals surface area contributed by atoms with E-state index in [0.29, 0.717) is 18.9 Å². The van der Waals surface area contributed by atoms with Crippen molar-refractivity contribution >= 4 is 17.3 Å². The van der Waals surface area contributed by atoms with Crippen LogP contribution in [0.4, 0.5) is 11.4 Å². The van der Waals surface area contributed by atoms with Gasteiger partial charge in [-0.3, -0.25) is 4.79 Å². The van der Waals surface area contributed by atoms with Gasteiger partial charge in [-0.05, 0) is 67.6 Å². The SMILES string of the molecule is O=C(CNc1ccc(OCCCc2ccccc2)cc1)Nc1cccc(OCC2CCCO2)c1. The first-order chi connectivity index (χ1) is 16.7. The Balaban J connectivity index is 1.15. The molecule has 0 aliphatic carbocycles. The summed E-state index contributed by atoms with van der Waals surface area (Å²) in [6.07, 6.45) is 4.24. The standard InChI is InChI=1S/C28H32N2O4/c31-28(30-24-10-4-11-26(19-24)34-21-27-12-6-18-33-27)20-29-23-13-15-25(16-14-23)32-17-5-9-22-7-2-1-3-8-22/h1-4,7-8,10-11,13-16,19,27,29H,5-6,9,12,17-18,20-21H2,(H,30,31). The Bertz CT molecular complexity index is 1020. The van der Waals surface area contributed by atoms with Crippen LogP contribution >= 0.6 is 0 Å². The van der Waals surface area contributed by atoms with Crippen molar-refractivity contribution < 1.29 is 19.0 Å². The van der Waals surface area contributed by atoms with Crippen molar-refractivity contribution in [1.29, 1.82) is 0 Å². The van der Waals surface area contributed by atoms with Crippen molar-refractivity contribution in [3.63, 3.8) is 0 Å². The number of carbonyl (C=O) groups is 1. The fourth-order valence-electron chi connectivity index (χ4n) is 3.80. The summed E-state index contributed by atoms with van der Waals surface area (Å²) in [6.45, 7) is 2.17. The van der Waals surface area contributed by atoms with Crippen molar-refractivity contribution in [1.82, 2.24) is 0 Å². The zero-order chi connectivity index (χ0) is 23.4. The Morgan fingerprint density at radius 3 is 2.56 bits per heavy atom. The molecule has 1 saturated heterocycles. The van der Waals surface area contributed by atoms with Crippen molar-refractivity contribution in [2.75, 3.05) is 37.0 Å². The van der Waals surface area contributed by atoms with Crippen molar-refractivity contribution in [2.24, 2.45) is 0 Å². The van der Waals surface area contributed by atoms with Gasteiger partial charge in [-0.2, -0.15) is 0 Å². The van der Waals surface area contributed by atoms with Gasteiger partial charge < -0.3 is 24.8 Å². The molecule has 4 rings (SSSR count). The number of aryl methyl sites for hydroxylation is 1. The minimum Gasteiger partial charge on any atom is -0.494 e. The van der Waals surface area contributed by atoms with Crippen LogP contribution in [0.15, 0.2) is 78.9 Å². The smallest absolute Gasteiger partial charge is 0.243 e. The maximum atomic E-state index is 12.4. The highest BCUT2D eigenvalue weighted by molar-refractivity contribution is 5.93. The van der Waals surface area contributed by atoms with Gasteiger partial charge in [0, 0.05) is 24.0 Å². The van der Waals surface area contributed by atoms with E-state index in [4.69, 9.17) is 14.2 Å². The molecule has 1 atom stereocenters. The van der Waals surface area contributed by atoms with Crippen LogP contribution in [-0.4, -0.2) is 38.4 Å². The molecule has 1 fully saturated rings. The first kappa shape index (κ1) is 23.6. The minimum atomic E-state index is -0.127. The lowest BCUT2D eigenvalue weighted by Gasteiger charge is -2.13. The quantitative estimate of drug-likeness (QED) is 0.359. The molecular weight excluding hydrogens is 428 g/mol. The molecule has 1 aliphatic heterocycles. The van der Waals surface area contributed by atoms with Gasteiger partial charge >= 0.3 is 0 Å². The molecule has 6 heteroatoms. The van der Waals surface area contributed by atoms with Crippen LogP contribution in [0.3, 0.4) is 0 Å². The normalized spacial score (nSPS) is 15.0. The molecule has 0 spiro atoms. The van der Waals surface area contributed by atoms with E-state index in [0.717, 1.165) is 49.5 Å². The summed E-state index contributed by atoms with van der Waals surface area (Å²) in [5.74, 6) is 1.42. The summed E-state index contributed by atoms with van der Waals surface area (Å²) in [4.78, 5) is 12.4. The third kappa shape index (κ3) is 7.81. The summed E-state index contributed by atoms with van der Waals surface area (Å²) >= 11 is 0. The van der Waals surface area contributed by atoms with E-state index in [1.54, 1.807) is 0 Å². The van der Waals surface area contributed by atoms with Gasteiger partial charge in [-0.15, -0.1) is 0 Å². The lowest BCUT2D eigenvalue weighted by Crippen LogP contribution is -2.21. The van der Waals surface area contributed by atoms with Crippen LogP contribution < -0.4 is 20.1 Å². The zero-order valence-electron chi connectivity index (χ0n) is 19.4. The van der Waals surface area contributed by atoms with Crippen LogP contribution in [0, 0.1) is 0 Å². The third-order valence-electron chi connectivity index (χ3n) is 5.61. The predicted octanol–water partition coefficient (Wildman–Crippen LogP) is 5.31. The number of nitrogens with one attached hydrogen (secondary N) is 2. The number of anilines is 2. The van der Waals surface area contributed by atoms with Crippen molar-refractivity contribution in [3.05, 3.63) is 84.4 Å². The molecule has 3 aromatic carbocycles. The fourth-order valence-corrected chi connectivity index (χ4v) is 3.80. The van der Waals surface area contributed by atoms with Gasteiger partial charge in [0.2, 0.25) is 5.91 Å². The first-order valence-electron chi connectivity index (χ1n) is 11.9. The van der Waals surface area contributed by atoms with E-state index in [1.807, 2.05) is 54.6 Å². The number of benzene rings is 3. The largest absolute Gasteiger partial charge is 0.494 e. The predicted molar refractivity (Wildman–Crippen MR) is 135 cm³/mol. The van der Waals surface area contributed by atoms with E-state index in [2.05, 4.69) is 34.9 Å². The van der Waals surface area contributed by atoms with E-state index < -0.39 is 0 Å². The average molecular weight is 461 g/mol. The van der Waals surface area contributed by atoms with Crippen LogP contribution in [0.5, 0.6) is 11.5 Å². The van der Waals surface area contributed by atoms with Crippen LogP contribution in [0.25, 0.3) is 0 Å². The molecule has 178 valence electrons. The molecule has 0 aromatic heterocycles. The maximum absolute atomic E-state index is 12.4. The molecule has 1 heterocycles. The van der Waals surface area contributed by atoms with Crippen molar-refractivity contribution in [3.8, 4) is 11.5 Å². The molecule has 0 radical (unpaired) electrons. The Hall–Kier alpha value is -3.51. The van der Waals surface area contributed by atoms with E-state index in [1.165, 1.54) is 5.56 Å². The minimum absolute atomic E-state index is 0.127. The zero-order valence-corrected chi connectivity index (χ0v) is 19.4. The number of hydrogen-bond donors (Lipinski definition) is 2. The molecule has 0 saturated carbocycles. The summed E-state index contributed by atoms with van der Waals surface area (Å²) in [6, 6.07) is 25.5. The molecule has 1 amide bonds. The molecule has 0 bridgehead atoms. The number of ether oxygens (including phenoxy) is 3. The van der Waals surface area contributed by atoms with Gasteiger partial charge in [-0.1, -0.05) is 36.4 Å². The Morgan fingerprint density at radius 1 is 0.912 bits per heavy atom. The third-order valence-corrected chi connectivity index (χ3v) is 5.61. The number of carbonyl (C=O) groups excluding carboxylic acids is 1. The number of hydrogen-bond acceptors (Lipinski definition) is 5. The monoisotopic (exact) mass is 460 g/mol. The van der Waals surface area contributed by atoms with Gasteiger partial charge in [0.05, 0.1) is 19.3 Å². The van der Waals surface area contributed by atoms with Crippen LogP contribution in [0.2, 0.25) is 0 Å². The highest BCUT2D eigenvalue weighted by Crippen LogP contribution is 2.20. The Labute approximate surface area is 201 Å². The molecule has 2 N–H and O–H groups in total. The van der Waals surface area contributed by atoms with Gasteiger partial charge in [0.25, 0.3) is 0 Å². The van der Waals surface area contributed by atoms with Gasteiger partial charge in [0.1, 0.15) is 18.1 Å². The highest BCUT2D eigenvalue weighted by Gasteiger charge is 2.16. The van der Waals surface area contributed by atoms with E-state index in [9.17, 15) is 4.79 Å². The van der Waals surface area contributed by atoms with Gasteiger partial charge in [-0.25, -0.2) is 0 Å². The fraction of sp³-hybridized carbons (Fsp3) is 0.321. The number of amides is 1. The summed E-state index contributed by atoms with van der Waals surface area (Å²) in [5, 5.41) is 6.04. The van der Waals surface area contributed by atoms with E-state index >= 15 is 0 Å². The Kier molecular flexibility index (Phi) is 8.80.